The lowest BCUT2D eigenvalue weighted by Crippen LogP contribution is -2.42. The minimum absolute atomic E-state index is 0. The van der Waals surface area contributed by atoms with E-state index in [1.54, 1.807) is 19.2 Å². The van der Waals surface area contributed by atoms with E-state index in [-0.39, 0.29) is 35.4 Å². The molecule has 0 amide bonds. The summed E-state index contributed by atoms with van der Waals surface area (Å²) < 4.78 is 32.5. The molecule has 0 aromatic heterocycles. The van der Waals surface area contributed by atoms with Crippen molar-refractivity contribution in [3.05, 3.63) is 59.6 Å². The fourth-order valence-corrected chi connectivity index (χ4v) is 3.49. The van der Waals surface area contributed by atoms with Gasteiger partial charge >= 0.3 is 0 Å². The number of aliphatic imine (C=N–C) groups is 1. The molecule has 0 spiro atoms. The number of benzene rings is 2. The molecule has 7 nitrogen and oxygen atoms in total. The van der Waals surface area contributed by atoms with Crippen LogP contribution in [-0.2, 0) is 10.0 Å². The summed E-state index contributed by atoms with van der Waals surface area (Å²) in [4.78, 5) is 4.22. The number of para-hydroxylation sites is 1. The summed E-state index contributed by atoms with van der Waals surface area (Å²) >= 11 is 5.83. The Morgan fingerprint density at radius 2 is 1.75 bits per heavy atom. The number of nitrogens with one attached hydrogen (secondary N) is 3. The maximum absolute atomic E-state index is 12.2. The molecule has 2 aromatic rings. The van der Waals surface area contributed by atoms with Crippen molar-refractivity contribution in [1.29, 1.82) is 0 Å². The molecule has 0 saturated heterocycles. The standard InChI is InChI=1S/C18H23ClN4O3S.HI/c1-20-18(22-12-13-26-16-7-3-2-4-8-16)21-10-11-23-27(24,25)17-9-5-6-15(19)14-17;/h2-9,14,23H,10-13H2,1H3,(H2,20,21,22);1H. The number of hydrogen-bond donors (Lipinski definition) is 3. The number of hydrogen-bond acceptors (Lipinski definition) is 4. The first-order valence-corrected chi connectivity index (χ1v) is 10.2. The summed E-state index contributed by atoms with van der Waals surface area (Å²) in [6, 6.07) is 15.6. The molecule has 0 atom stereocenters. The molecule has 28 heavy (non-hydrogen) atoms. The van der Waals surface area contributed by atoms with E-state index in [0.29, 0.717) is 30.7 Å². The first-order valence-electron chi connectivity index (χ1n) is 8.39. The second-order valence-electron chi connectivity index (χ2n) is 5.44. The normalized spacial score (nSPS) is 11.4. The van der Waals surface area contributed by atoms with Gasteiger partial charge in [-0.3, -0.25) is 4.99 Å². The molecule has 0 saturated carbocycles. The lowest BCUT2D eigenvalue weighted by molar-refractivity contribution is 0.322. The number of ether oxygens (including phenoxy) is 1. The minimum atomic E-state index is -3.59. The predicted molar refractivity (Wildman–Crippen MR) is 123 cm³/mol. The molecule has 2 aromatic carbocycles. The van der Waals surface area contributed by atoms with Gasteiger partial charge in [0.15, 0.2) is 5.96 Å². The molecule has 0 bridgehead atoms. The zero-order valence-corrected chi connectivity index (χ0v) is 19.3. The fraction of sp³-hybridized carbons (Fsp3) is 0.278. The Morgan fingerprint density at radius 3 is 2.43 bits per heavy atom. The molecular formula is C18H24ClIN4O3S. The van der Waals surface area contributed by atoms with Gasteiger partial charge in [-0.05, 0) is 30.3 Å². The van der Waals surface area contributed by atoms with Gasteiger partial charge < -0.3 is 15.4 Å². The van der Waals surface area contributed by atoms with Crippen LogP contribution in [0, 0.1) is 0 Å². The third kappa shape index (κ3) is 8.63. The van der Waals surface area contributed by atoms with Crippen LogP contribution < -0.4 is 20.1 Å². The van der Waals surface area contributed by atoms with Crippen LogP contribution in [0.3, 0.4) is 0 Å². The number of rotatable bonds is 9. The van der Waals surface area contributed by atoms with E-state index in [2.05, 4.69) is 20.3 Å². The molecule has 154 valence electrons. The van der Waals surface area contributed by atoms with Gasteiger partial charge in [0.05, 0.1) is 11.4 Å². The summed E-state index contributed by atoms with van der Waals surface area (Å²) in [6.45, 7) is 1.62. The largest absolute Gasteiger partial charge is 0.492 e. The molecule has 0 heterocycles. The van der Waals surface area contributed by atoms with Crippen molar-refractivity contribution >= 4 is 51.6 Å². The van der Waals surface area contributed by atoms with E-state index < -0.39 is 10.0 Å². The topological polar surface area (TPSA) is 91.8 Å². The van der Waals surface area contributed by atoms with E-state index in [4.69, 9.17) is 16.3 Å². The van der Waals surface area contributed by atoms with Crippen LogP contribution in [0.2, 0.25) is 5.02 Å². The van der Waals surface area contributed by atoms with Gasteiger partial charge in [-0.2, -0.15) is 0 Å². The van der Waals surface area contributed by atoms with Crippen LogP contribution >= 0.6 is 35.6 Å². The number of nitrogens with zero attached hydrogens (tertiary/aromatic N) is 1. The molecule has 0 aliphatic rings. The van der Waals surface area contributed by atoms with Gasteiger partial charge in [-0.15, -0.1) is 24.0 Å². The first-order chi connectivity index (χ1) is 13.0. The van der Waals surface area contributed by atoms with Crippen molar-refractivity contribution in [2.75, 3.05) is 33.3 Å². The summed E-state index contributed by atoms with van der Waals surface area (Å²) in [6.07, 6.45) is 0. The third-order valence-electron chi connectivity index (χ3n) is 3.45. The summed E-state index contributed by atoms with van der Waals surface area (Å²) in [5.74, 6) is 1.37. The van der Waals surface area contributed by atoms with Crippen molar-refractivity contribution in [3.8, 4) is 5.75 Å². The molecule has 3 N–H and O–H groups in total. The van der Waals surface area contributed by atoms with Crippen molar-refractivity contribution in [2.45, 2.75) is 4.90 Å². The number of guanidine groups is 1. The maximum Gasteiger partial charge on any atom is 0.240 e. The van der Waals surface area contributed by atoms with Crippen molar-refractivity contribution in [3.63, 3.8) is 0 Å². The van der Waals surface area contributed by atoms with Crippen LogP contribution in [0.25, 0.3) is 0 Å². The van der Waals surface area contributed by atoms with Crippen LogP contribution in [0.1, 0.15) is 0 Å². The zero-order valence-electron chi connectivity index (χ0n) is 15.4. The average Bonchev–Trinajstić information content (AvgIpc) is 2.67. The Balaban J connectivity index is 0.00000392. The second kappa shape index (κ2) is 12.8. The molecule has 0 radical (unpaired) electrons. The Kier molecular flexibility index (Phi) is 11.2. The highest BCUT2D eigenvalue weighted by Crippen LogP contribution is 2.14. The third-order valence-corrected chi connectivity index (χ3v) is 5.14. The SMILES string of the molecule is CN=C(NCCNS(=O)(=O)c1cccc(Cl)c1)NCCOc1ccccc1.I. The maximum atomic E-state index is 12.2. The van der Waals surface area contributed by atoms with Crippen molar-refractivity contribution < 1.29 is 13.2 Å². The van der Waals surface area contributed by atoms with E-state index in [1.165, 1.54) is 12.1 Å². The zero-order chi connectivity index (χ0) is 19.5. The first kappa shape index (κ1) is 24.5. The fourth-order valence-electron chi connectivity index (χ4n) is 2.16. The lowest BCUT2D eigenvalue weighted by Gasteiger charge is -2.13. The summed E-state index contributed by atoms with van der Waals surface area (Å²) in [5.41, 5.74) is 0. The van der Waals surface area contributed by atoms with Gasteiger partial charge in [0.2, 0.25) is 10.0 Å². The van der Waals surface area contributed by atoms with Crippen molar-refractivity contribution in [1.82, 2.24) is 15.4 Å². The number of halogens is 2. The van der Waals surface area contributed by atoms with Crippen LogP contribution in [0.4, 0.5) is 0 Å². The average molecular weight is 539 g/mol. The van der Waals surface area contributed by atoms with Gasteiger partial charge in [-0.25, -0.2) is 13.1 Å². The Bertz CT molecular complexity index is 851. The van der Waals surface area contributed by atoms with Gasteiger partial charge in [0, 0.05) is 25.2 Å². The molecular weight excluding hydrogens is 515 g/mol. The summed E-state index contributed by atoms with van der Waals surface area (Å²) in [5, 5.41) is 6.50. The predicted octanol–water partition coefficient (Wildman–Crippen LogP) is 2.48. The molecule has 0 fully saturated rings. The quantitative estimate of drug-likeness (QED) is 0.198. The highest BCUT2D eigenvalue weighted by Gasteiger charge is 2.13. The van der Waals surface area contributed by atoms with Gasteiger partial charge in [0.1, 0.15) is 12.4 Å². The highest BCUT2D eigenvalue weighted by atomic mass is 127. The van der Waals surface area contributed by atoms with E-state index in [0.717, 1.165) is 5.75 Å². The Labute approximate surface area is 188 Å². The molecule has 10 heteroatoms. The molecule has 0 aliphatic heterocycles. The van der Waals surface area contributed by atoms with E-state index in [1.807, 2.05) is 30.3 Å². The van der Waals surface area contributed by atoms with E-state index in [9.17, 15) is 8.42 Å². The lowest BCUT2D eigenvalue weighted by atomic mass is 10.3. The van der Waals surface area contributed by atoms with E-state index >= 15 is 0 Å². The monoisotopic (exact) mass is 538 g/mol. The number of sulfonamides is 1. The molecule has 2 rings (SSSR count). The Morgan fingerprint density at radius 1 is 1.04 bits per heavy atom. The van der Waals surface area contributed by atoms with Crippen LogP contribution in [0.5, 0.6) is 5.75 Å². The minimum Gasteiger partial charge on any atom is -0.492 e. The highest BCUT2D eigenvalue weighted by molar-refractivity contribution is 14.0. The molecule has 0 aliphatic carbocycles. The van der Waals surface area contributed by atoms with Crippen LogP contribution in [0.15, 0.2) is 64.5 Å². The van der Waals surface area contributed by atoms with Gasteiger partial charge in [0.25, 0.3) is 0 Å². The van der Waals surface area contributed by atoms with Gasteiger partial charge in [-0.1, -0.05) is 35.9 Å². The van der Waals surface area contributed by atoms with Crippen LogP contribution in [-0.4, -0.2) is 47.7 Å². The summed E-state index contributed by atoms with van der Waals surface area (Å²) in [7, 11) is -1.95. The Hall–Kier alpha value is -1.56. The second-order valence-corrected chi connectivity index (χ2v) is 7.65. The molecule has 0 unspecified atom stereocenters. The van der Waals surface area contributed by atoms with Crippen molar-refractivity contribution in [2.24, 2.45) is 4.99 Å². The smallest absolute Gasteiger partial charge is 0.240 e.